The number of cyclic esters (lactones) is 2. The molecule has 2 saturated carbocycles. The van der Waals surface area contributed by atoms with Crippen molar-refractivity contribution in [3.05, 3.63) is 0 Å². The number of hydrazone groups is 2. The Morgan fingerprint density at radius 2 is 1.00 bits per heavy atom. The van der Waals surface area contributed by atoms with Crippen molar-refractivity contribution in [1.29, 1.82) is 0 Å². The minimum Gasteiger partial charge on any atom is -0.466 e. The van der Waals surface area contributed by atoms with Crippen LogP contribution in [0.2, 0.25) is 0 Å². The van der Waals surface area contributed by atoms with Crippen LogP contribution in [0.4, 0.5) is 0 Å². The van der Waals surface area contributed by atoms with Crippen LogP contribution in [-0.2, 0) is 28.7 Å². The lowest BCUT2D eigenvalue weighted by Gasteiger charge is -2.07. The van der Waals surface area contributed by atoms with Crippen LogP contribution >= 0.6 is 0 Å². The van der Waals surface area contributed by atoms with Crippen LogP contribution in [0.1, 0.15) is 112 Å². The number of nitrogens with zero attached hydrogens (tertiary/aromatic N) is 2. The van der Waals surface area contributed by atoms with E-state index in [2.05, 4.69) is 48.7 Å². The zero-order valence-electron chi connectivity index (χ0n) is 25.8. The normalized spacial score (nSPS) is 33.6. The van der Waals surface area contributed by atoms with Crippen LogP contribution in [0, 0.1) is 34.5 Å². The van der Waals surface area contributed by atoms with Crippen molar-refractivity contribution in [2.75, 3.05) is 13.2 Å². The summed E-state index contributed by atoms with van der Waals surface area (Å²) in [6, 6.07) is 0. The van der Waals surface area contributed by atoms with E-state index >= 15 is 0 Å². The molecule has 2 fully saturated rings. The summed E-state index contributed by atoms with van der Waals surface area (Å²) in [6.07, 6.45) is 5.73. The lowest BCUT2D eigenvalue weighted by Crippen LogP contribution is -2.22. The van der Waals surface area contributed by atoms with Crippen LogP contribution in [-0.4, -0.2) is 48.4 Å². The highest BCUT2D eigenvalue weighted by molar-refractivity contribution is 5.86. The Morgan fingerprint density at radius 1 is 0.610 bits per heavy atom. The standard InChI is InChI=1S/C31H50N4O6/c1-20-18-24-22(30(24,3)4)14-16-40-28(38)12-7-8-13-29(39)41-17-15-23-25(31(23,5)6)19-21(2)33-35-27(37)11-9-10-26(36)34-32-20/h22-25H,7-19H2,1-6H3,(H,34,36)(H,35,37)/b32-20-,33-21-/t22-,23-,24+,25+/m1/s1. The fraction of sp³-hybridized carbons (Fsp3) is 0.806. The van der Waals surface area contributed by atoms with Gasteiger partial charge in [0.25, 0.3) is 0 Å². The third-order valence-corrected chi connectivity index (χ3v) is 9.55. The second-order valence-corrected chi connectivity index (χ2v) is 13.3. The van der Waals surface area contributed by atoms with E-state index in [0.29, 0.717) is 69.0 Å². The molecule has 2 amide bonds. The molecule has 2 N–H and O–H groups in total. The Hall–Kier alpha value is -2.78. The number of carbonyl (C=O) groups is 4. The number of rotatable bonds is 0. The quantitative estimate of drug-likeness (QED) is 0.395. The Morgan fingerprint density at radius 3 is 1.39 bits per heavy atom. The van der Waals surface area contributed by atoms with Crippen molar-refractivity contribution in [2.45, 2.75) is 112 Å². The minimum atomic E-state index is -0.226. The molecule has 1 heterocycles. The Kier molecular flexibility index (Phi) is 11.5. The van der Waals surface area contributed by atoms with E-state index in [1.54, 1.807) is 0 Å². The molecule has 1 aliphatic heterocycles. The number of ether oxygens (including phenoxy) is 2. The Bertz CT molecular complexity index is 954. The molecule has 4 atom stereocenters. The monoisotopic (exact) mass is 574 g/mol. The molecule has 3 aliphatic rings. The van der Waals surface area contributed by atoms with E-state index in [-0.39, 0.29) is 47.4 Å². The zero-order valence-corrected chi connectivity index (χ0v) is 25.8. The summed E-state index contributed by atoms with van der Waals surface area (Å²) in [4.78, 5) is 48.8. The number of esters is 2. The number of hydrogen-bond donors (Lipinski definition) is 2. The van der Waals surface area contributed by atoms with Crippen LogP contribution in [0.15, 0.2) is 10.2 Å². The number of carbonyl (C=O) groups excluding carboxylic acids is 4. The van der Waals surface area contributed by atoms with Crippen molar-refractivity contribution in [1.82, 2.24) is 10.9 Å². The highest BCUT2D eigenvalue weighted by Crippen LogP contribution is 2.62. The van der Waals surface area contributed by atoms with Gasteiger partial charge in [-0.15, -0.1) is 0 Å². The van der Waals surface area contributed by atoms with Gasteiger partial charge < -0.3 is 9.47 Å². The van der Waals surface area contributed by atoms with Gasteiger partial charge in [-0.1, -0.05) is 27.7 Å². The molecule has 41 heavy (non-hydrogen) atoms. The van der Waals surface area contributed by atoms with Crippen molar-refractivity contribution in [3.8, 4) is 0 Å². The maximum absolute atomic E-state index is 12.2. The first kappa shape index (κ1) is 32.7. The van der Waals surface area contributed by atoms with Gasteiger partial charge in [0, 0.05) is 37.1 Å². The predicted octanol–water partition coefficient (Wildman–Crippen LogP) is 4.91. The molecule has 0 bridgehead atoms. The summed E-state index contributed by atoms with van der Waals surface area (Å²) in [5.74, 6) is 0.777. The Balaban J connectivity index is 1.53. The molecule has 0 saturated heterocycles. The van der Waals surface area contributed by atoms with Gasteiger partial charge in [0.1, 0.15) is 0 Å². The summed E-state index contributed by atoms with van der Waals surface area (Å²) in [7, 11) is 0. The molecule has 3 rings (SSSR count). The van der Waals surface area contributed by atoms with Gasteiger partial charge in [0.2, 0.25) is 11.8 Å². The highest BCUT2D eigenvalue weighted by atomic mass is 16.5. The van der Waals surface area contributed by atoms with Gasteiger partial charge in [-0.2, -0.15) is 10.2 Å². The fourth-order valence-corrected chi connectivity index (χ4v) is 6.52. The third kappa shape index (κ3) is 9.92. The van der Waals surface area contributed by atoms with Crippen LogP contribution in [0.5, 0.6) is 0 Å². The van der Waals surface area contributed by atoms with Gasteiger partial charge in [-0.05, 0) is 93.3 Å². The topological polar surface area (TPSA) is 136 Å². The third-order valence-electron chi connectivity index (χ3n) is 9.55. The van der Waals surface area contributed by atoms with E-state index in [9.17, 15) is 19.2 Å². The number of amides is 2. The minimum absolute atomic E-state index is 0.123. The first-order valence-corrected chi connectivity index (χ1v) is 15.3. The van der Waals surface area contributed by atoms with Gasteiger partial charge in [0.15, 0.2) is 0 Å². The largest absolute Gasteiger partial charge is 0.466 e. The van der Waals surface area contributed by atoms with E-state index < -0.39 is 0 Å². The maximum atomic E-state index is 12.2. The van der Waals surface area contributed by atoms with Crippen LogP contribution in [0.25, 0.3) is 0 Å². The van der Waals surface area contributed by atoms with E-state index in [4.69, 9.17) is 9.47 Å². The number of nitrogens with one attached hydrogen (secondary N) is 2. The lowest BCUT2D eigenvalue weighted by atomic mass is 10.1. The summed E-state index contributed by atoms with van der Waals surface area (Å²) in [6.45, 7) is 13.4. The first-order valence-electron chi connectivity index (χ1n) is 15.3. The Labute approximate surface area is 244 Å². The maximum Gasteiger partial charge on any atom is 0.305 e. The average Bonchev–Trinajstić information content (AvgIpc) is 3.63. The molecule has 230 valence electrons. The molecule has 0 spiro atoms. The average molecular weight is 575 g/mol. The fourth-order valence-electron chi connectivity index (χ4n) is 6.52. The van der Waals surface area contributed by atoms with Gasteiger partial charge in [0.05, 0.1) is 13.2 Å². The predicted molar refractivity (Wildman–Crippen MR) is 157 cm³/mol. The van der Waals surface area contributed by atoms with E-state index in [0.717, 1.165) is 37.1 Å². The molecule has 0 aromatic carbocycles. The van der Waals surface area contributed by atoms with Crippen LogP contribution < -0.4 is 10.9 Å². The van der Waals surface area contributed by atoms with Crippen molar-refractivity contribution in [3.63, 3.8) is 0 Å². The molecule has 0 aromatic rings. The van der Waals surface area contributed by atoms with Crippen LogP contribution in [0.3, 0.4) is 0 Å². The molecule has 10 nitrogen and oxygen atoms in total. The molecular weight excluding hydrogens is 524 g/mol. The smallest absolute Gasteiger partial charge is 0.305 e. The van der Waals surface area contributed by atoms with Gasteiger partial charge >= 0.3 is 11.9 Å². The molecule has 0 unspecified atom stereocenters. The van der Waals surface area contributed by atoms with E-state index in [1.807, 2.05) is 13.8 Å². The second kappa shape index (κ2) is 14.4. The summed E-state index contributed by atoms with van der Waals surface area (Å²) in [5.41, 5.74) is 7.17. The molecule has 0 radical (unpaired) electrons. The molecular formula is C31H50N4O6. The molecule has 2 aliphatic carbocycles. The summed E-state index contributed by atoms with van der Waals surface area (Å²) < 4.78 is 10.9. The second-order valence-electron chi connectivity index (χ2n) is 13.3. The van der Waals surface area contributed by atoms with Crippen molar-refractivity contribution >= 4 is 35.2 Å². The highest BCUT2D eigenvalue weighted by Gasteiger charge is 2.57. The summed E-state index contributed by atoms with van der Waals surface area (Å²) in [5, 5.41) is 8.53. The number of hydrogen-bond acceptors (Lipinski definition) is 8. The van der Waals surface area contributed by atoms with Gasteiger partial charge in [-0.25, -0.2) is 10.9 Å². The first-order chi connectivity index (χ1) is 19.3. The molecule has 0 aromatic heterocycles. The van der Waals surface area contributed by atoms with Gasteiger partial charge in [-0.3, -0.25) is 19.2 Å². The zero-order chi connectivity index (χ0) is 30.2. The van der Waals surface area contributed by atoms with E-state index in [1.165, 1.54) is 0 Å². The lowest BCUT2D eigenvalue weighted by molar-refractivity contribution is -0.146. The summed E-state index contributed by atoms with van der Waals surface area (Å²) >= 11 is 0. The number of fused-ring (bicyclic) bond motifs is 2. The molecule has 10 heteroatoms. The SMILES string of the molecule is C/C1=N/NC(=O)CCCC(=O)N/N=C(/C)C[C@H]2[C@@H](CCOC(=O)CCCCC(=O)OCC[C@@H]3[C@H](C1)C3(C)C)C2(C)C. The van der Waals surface area contributed by atoms with Crippen molar-refractivity contribution in [2.24, 2.45) is 44.7 Å². The van der Waals surface area contributed by atoms with Crippen molar-refractivity contribution < 1.29 is 28.7 Å².